The van der Waals surface area contributed by atoms with Crippen LogP contribution in [-0.2, 0) is 10.2 Å². The van der Waals surface area contributed by atoms with E-state index in [9.17, 15) is 9.59 Å². The van der Waals surface area contributed by atoms with Gasteiger partial charge in [0.2, 0.25) is 5.91 Å². The third kappa shape index (κ3) is 9.07. The SMILES string of the molecule is CC(C)(C)c1ccc(C(=O)NC(=S)Nc2ccc(NC(=O)CCCCN3CCCCC3)cc2)cc1. The third-order valence-corrected chi connectivity index (χ3v) is 6.45. The Labute approximate surface area is 214 Å². The highest BCUT2D eigenvalue weighted by Gasteiger charge is 2.15. The number of carbonyl (C=O) groups is 2. The summed E-state index contributed by atoms with van der Waals surface area (Å²) in [4.78, 5) is 27.2. The molecule has 3 rings (SSSR count). The van der Waals surface area contributed by atoms with Crippen LogP contribution in [0.1, 0.15) is 75.2 Å². The molecule has 0 spiro atoms. The molecule has 1 fully saturated rings. The molecule has 7 heteroatoms. The minimum atomic E-state index is -0.257. The second kappa shape index (κ2) is 12.8. The molecule has 2 amide bonds. The molecule has 0 atom stereocenters. The maximum absolute atomic E-state index is 12.5. The Morgan fingerprint density at radius 3 is 2.06 bits per heavy atom. The molecule has 2 aromatic carbocycles. The van der Waals surface area contributed by atoms with Crippen LogP contribution in [0.3, 0.4) is 0 Å². The van der Waals surface area contributed by atoms with Crippen molar-refractivity contribution >= 4 is 40.5 Å². The zero-order chi connectivity index (χ0) is 25.3. The molecule has 0 unspecified atom stereocenters. The van der Waals surface area contributed by atoms with Crippen molar-refractivity contribution in [1.82, 2.24) is 10.2 Å². The van der Waals surface area contributed by atoms with Gasteiger partial charge in [0.1, 0.15) is 0 Å². The third-order valence-electron chi connectivity index (χ3n) is 6.24. The average Bonchev–Trinajstić information content (AvgIpc) is 2.83. The molecule has 3 N–H and O–H groups in total. The van der Waals surface area contributed by atoms with Crippen molar-refractivity contribution in [3.63, 3.8) is 0 Å². The quantitative estimate of drug-likeness (QED) is 0.324. The van der Waals surface area contributed by atoms with E-state index in [1.165, 1.54) is 37.9 Å². The number of nitrogens with one attached hydrogen (secondary N) is 3. The number of benzene rings is 2. The van der Waals surface area contributed by atoms with E-state index in [2.05, 4.69) is 41.6 Å². The lowest BCUT2D eigenvalue weighted by Crippen LogP contribution is -2.34. The number of anilines is 2. The van der Waals surface area contributed by atoms with E-state index in [0.29, 0.717) is 12.0 Å². The van der Waals surface area contributed by atoms with Crippen LogP contribution < -0.4 is 16.0 Å². The van der Waals surface area contributed by atoms with Crippen LogP contribution in [-0.4, -0.2) is 41.5 Å². The van der Waals surface area contributed by atoms with Crippen LogP contribution >= 0.6 is 12.2 Å². The van der Waals surface area contributed by atoms with Gasteiger partial charge in [-0.2, -0.15) is 0 Å². The lowest BCUT2D eigenvalue weighted by Gasteiger charge is -2.26. The van der Waals surface area contributed by atoms with Gasteiger partial charge >= 0.3 is 0 Å². The average molecular weight is 495 g/mol. The Morgan fingerprint density at radius 2 is 1.46 bits per heavy atom. The first kappa shape index (κ1) is 26.8. The Balaban J connectivity index is 1.38. The van der Waals surface area contributed by atoms with Gasteiger partial charge in [0.15, 0.2) is 5.11 Å². The number of hydrogen-bond acceptors (Lipinski definition) is 4. The topological polar surface area (TPSA) is 73.5 Å². The molecule has 188 valence electrons. The fraction of sp³-hybridized carbons (Fsp3) is 0.464. The van der Waals surface area contributed by atoms with Crippen molar-refractivity contribution in [3.05, 3.63) is 59.7 Å². The summed E-state index contributed by atoms with van der Waals surface area (Å²) in [5.74, 6) is -0.225. The highest BCUT2D eigenvalue weighted by atomic mass is 32.1. The standard InChI is InChI=1S/C28H38N4O2S/c1-28(2,3)22-12-10-21(11-13-22)26(34)31-27(35)30-24-16-14-23(15-17-24)29-25(33)9-5-8-20-32-18-6-4-7-19-32/h10-17H,4-9,18-20H2,1-3H3,(H,29,33)(H2,30,31,34,35). The maximum Gasteiger partial charge on any atom is 0.257 e. The number of rotatable bonds is 8. The van der Waals surface area contributed by atoms with Gasteiger partial charge in [-0.1, -0.05) is 39.3 Å². The summed E-state index contributed by atoms with van der Waals surface area (Å²) >= 11 is 5.29. The summed E-state index contributed by atoms with van der Waals surface area (Å²) in [5.41, 5.74) is 3.23. The van der Waals surface area contributed by atoms with Crippen LogP contribution in [0.15, 0.2) is 48.5 Å². The molecular weight excluding hydrogens is 456 g/mol. The minimum Gasteiger partial charge on any atom is -0.332 e. The van der Waals surface area contributed by atoms with Gasteiger partial charge in [-0.05, 0) is 105 Å². The molecule has 6 nitrogen and oxygen atoms in total. The molecule has 35 heavy (non-hydrogen) atoms. The van der Waals surface area contributed by atoms with Crippen molar-refractivity contribution in [3.8, 4) is 0 Å². The molecule has 0 aliphatic carbocycles. The number of carbonyl (C=O) groups excluding carboxylic acids is 2. The lowest BCUT2D eigenvalue weighted by molar-refractivity contribution is -0.116. The zero-order valence-corrected chi connectivity index (χ0v) is 22.0. The van der Waals surface area contributed by atoms with Crippen molar-refractivity contribution in [2.45, 2.75) is 64.7 Å². The van der Waals surface area contributed by atoms with E-state index in [0.717, 1.165) is 30.8 Å². The summed E-state index contributed by atoms with van der Waals surface area (Å²) in [6.07, 6.45) is 6.43. The first-order valence-corrected chi connectivity index (χ1v) is 13.0. The van der Waals surface area contributed by atoms with E-state index in [1.807, 2.05) is 48.5 Å². The Morgan fingerprint density at radius 1 is 0.857 bits per heavy atom. The van der Waals surface area contributed by atoms with Gasteiger partial charge in [0, 0.05) is 23.4 Å². The predicted octanol–water partition coefficient (Wildman–Crippen LogP) is 5.71. The molecule has 1 aliphatic rings. The molecule has 0 radical (unpaired) electrons. The van der Waals surface area contributed by atoms with Gasteiger partial charge in [0.05, 0.1) is 0 Å². The van der Waals surface area contributed by atoms with E-state index >= 15 is 0 Å². The number of thiocarbonyl (C=S) groups is 1. The van der Waals surface area contributed by atoms with Crippen LogP contribution in [0, 0.1) is 0 Å². The van der Waals surface area contributed by atoms with Crippen molar-refractivity contribution < 1.29 is 9.59 Å². The van der Waals surface area contributed by atoms with Gasteiger partial charge < -0.3 is 15.5 Å². The normalized spacial score (nSPS) is 14.3. The molecule has 1 saturated heterocycles. The highest BCUT2D eigenvalue weighted by Crippen LogP contribution is 2.22. The fourth-order valence-corrected chi connectivity index (χ4v) is 4.33. The summed E-state index contributed by atoms with van der Waals surface area (Å²) in [6.45, 7) is 9.89. The van der Waals surface area contributed by atoms with E-state index in [1.54, 1.807) is 0 Å². The van der Waals surface area contributed by atoms with Crippen LogP contribution in [0.2, 0.25) is 0 Å². The van der Waals surface area contributed by atoms with Gasteiger partial charge in [-0.15, -0.1) is 0 Å². The van der Waals surface area contributed by atoms with Crippen LogP contribution in [0.25, 0.3) is 0 Å². The zero-order valence-electron chi connectivity index (χ0n) is 21.2. The number of likely N-dealkylation sites (tertiary alicyclic amines) is 1. The van der Waals surface area contributed by atoms with E-state index < -0.39 is 0 Å². The predicted molar refractivity (Wildman–Crippen MR) is 148 cm³/mol. The largest absolute Gasteiger partial charge is 0.332 e. The van der Waals surface area contributed by atoms with Gasteiger partial charge in [-0.25, -0.2) is 0 Å². The Bertz CT molecular complexity index is 991. The maximum atomic E-state index is 12.5. The fourth-order valence-electron chi connectivity index (χ4n) is 4.12. The molecule has 0 saturated carbocycles. The summed E-state index contributed by atoms with van der Waals surface area (Å²) in [6, 6.07) is 14.8. The number of unbranched alkanes of at least 4 members (excludes halogenated alkanes) is 1. The Hall–Kier alpha value is -2.77. The first-order valence-electron chi connectivity index (χ1n) is 12.6. The minimum absolute atomic E-state index is 0.0321. The van der Waals surface area contributed by atoms with E-state index in [-0.39, 0.29) is 22.3 Å². The molecule has 2 aromatic rings. The van der Waals surface area contributed by atoms with Crippen LogP contribution in [0.4, 0.5) is 11.4 Å². The molecule has 1 heterocycles. The second-order valence-electron chi connectivity index (χ2n) is 10.2. The lowest BCUT2D eigenvalue weighted by atomic mass is 9.87. The number of hydrogen-bond donors (Lipinski definition) is 3. The smallest absolute Gasteiger partial charge is 0.257 e. The van der Waals surface area contributed by atoms with Crippen molar-refractivity contribution in [2.75, 3.05) is 30.3 Å². The molecular formula is C28H38N4O2S. The summed E-state index contributed by atoms with van der Waals surface area (Å²) < 4.78 is 0. The van der Waals surface area contributed by atoms with Gasteiger partial charge in [0.25, 0.3) is 5.91 Å². The summed E-state index contributed by atoms with van der Waals surface area (Å²) in [7, 11) is 0. The summed E-state index contributed by atoms with van der Waals surface area (Å²) in [5, 5.41) is 8.89. The van der Waals surface area contributed by atoms with Crippen LogP contribution in [0.5, 0.6) is 0 Å². The van der Waals surface area contributed by atoms with Crippen molar-refractivity contribution in [1.29, 1.82) is 0 Å². The molecule has 1 aliphatic heterocycles. The highest BCUT2D eigenvalue weighted by molar-refractivity contribution is 7.80. The molecule has 0 aromatic heterocycles. The number of piperidine rings is 1. The number of nitrogens with zero attached hydrogens (tertiary/aromatic N) is 1. The first-order chi connectivity index (χ1) is 16.7. The van der Waals surface area contributed by atoms with E-state index in [4.69, 9.17) is 12.2 Å². The number of amides is 2. The molecule has 0 bridgehead atoms. The monoisotopic (exact) mass is 494 g/mol. The Kier molecular flexibility index (Phi) is 9.81. The van der Waals surface area contributed by atoms with Crippen molar-refractivity contribution in [2.24, 2.45) is 0 Å². The second-order valence-corrected chi connectivity index (χ2v) is 10.6. The van der Waals surface area contributed by atoms with Gasteiger partial charge in [-0.3, -0.25) is 14.9 Å².